The van der Waals surface area contributed by atoms with E-state index in [1.54, 1.807) is 0 Å². The van der Waals surface area contributed by atoms with Crippen molar-refractivity contribution in [3.8, 4) is 0 Å². The summed E-state index contributed by atoms with van der Waals surface area (Å²) in [5.41, 5.74) is 1.38. The fourth-order valence-corrected chi connectivity index (χ4v) is 1.73. The van der Waals surface area contributed by atoms with E-state index in [0.717, 1.165) is 6.54 Å². The first-order valence-electron chi connectivity index (χ1n) is 6.10. The van der Waals surface area contributed by atoms with Gasteiger partial charge in [0.1, 0.15) is 0 Å². The number of hydrogen-bond acceptors (Lipinski definition) is 2. The summed E-state index contributed by atoms with van der Waals surface area (Å²) in [7, 11) is 4.27. The molecule has 90 valence electrons. The number of benzene rings is 1. The second-order valence-electron chi connectivity index (χ2n) is 4.61. The molecule has 0 aliphatic rings. The van der Waals surface area contributed by atoms with Gasteiger partial charge in [0.05, 0.1) is 0 Å². The van der Waals surface area contributed by atoms with Gasteiger partial charge in [0, 0.05) is 18.6 Å². The summed E-state index contributed by atoms with van der Waals surface area (Å²) in [5, 5.41) is 3.57. The Bertz CT molecular complexity index is 282. The molecule has 0 aliphatic carbocycles. The van der Waals surface area contributed by atoms with Gasteiger partial charge in [-0.05, 0) is 33.0 Å². The molecule has 0 saturated heterocycles. The van der Waals surface area contributed by atoms with Gasteiger partial charge < -0.3 is 10.2 Å². The van der Waals surface area contributed by atoms with Crippen molar-refractivity contribution in [2.45, 2.75) is 32.4 Å². The molecule has 0 aliphatic heterocycles. The minimum atomic E-state index is 0.454. The molecule has 0 saturated carbocycles. The highest BCUT2D eigenvalue weighted by molar-refractivity contribution is 5.19. The van der Waals surface area contributed by atoms with E-state index in [1.807, 2.05) is 0 Å². The lowest BCUT2D eigenvalue weighted by Gasteiger charge is -2.26. The van der Waals surface area contributed by atoms with Crippen LogP contribution >= 0.6 is 0 Å². The van der Waals surface area contributed by atoms with Crippen molar-refractivity contribution in [3.63, 3.8) is 0 Å². The Hall–Kier alpha value is -0.860. The summed E-state index contributed by atoms with van der Waals surface area (Å²) in [6.07, 6.45) is 1.18. The summed E-state index contributed by atoms with van der Waals surface area (Å²) in [5.74, 6) is 0. The van der Waals surface area contributed by atoms with Crippen LogP contribution in [0.4, 0.5) is 0 Å². The van der Waals surface area contributed by atoms with Gasteiger partial charge in [0.15, 0.2) is 0 Å². The molecule has 0 aromatic heterocycles. The van der Waals surface area contributed by atoms with E-state index in [1.165, 1.54) is 12.0 Å². The van der Waals surface area contributed by atoms with E-state index in [0.29, 0.717) is 12.1 Å². The van der Waals surface area contributed by atoms with Gasteiger partial charge in [0.25, 0.3) is 0 Å². The Morgan fingerprint density at radius 1 is 1.19 bits per heavy atom. The molecule has 1 aromatic carbocycles. The van der Waals surface area contributed by atoms with E-state index in [2.05, 4.69) is 68.5 Å². The van der Waals surface area contributed by atoms with Crippen molar-refractivity contribution < 1.29 is 0 Å². The highest BCUT2D eigenvalue weighted by Gasteiger charge is 2.13. The topological polar surface area (TPSA) is 15.3 Å². The molecular weight excluding hydrogens is 196 g/mol. The zero-order chi connectivity index (χ0) is 12.0. The Morgan fingerprint density at radius 3 is 2.31 bits per heavy atom. The summed E-state index contributed by atoms with van der Waals surface area (Å²) in [4.78, 5) is 2.27. The molecule has 2 atom stereocenters. The maximum Gasteiger partial charge on any atom is 0.0466 e. The van der Waals surface area contributed by atoms with Crippen LogP contribution in [0.5, 0.6) is 0 Å². The van der Waals surface area contributed by atoms with Gasteiger partial charge in [0.2, 0.25) is 0 Å². The molecule has 16 heavy (non-hydrogen) atoms. The van der Waals surface area contributed by atoms with Crippen molar-refractivity contribution in [3.05, 3.63) is 35.9 Å². The average Bonchev–Trinajstić information content (AvgIpc) is 2.30. The van der Waals surface area contributed by atoms with Crippen LogP contribution in [0.1, 0.15) is 31.9 Å². The third-order valence-corrected chi connectivity index (χ3v) is 3.08. The van der Waals surface area contributed by atoms with E-state index in [4.69, 9.17) is 0 Å². The number of likely N-dealkylation sites (N-methyl/N-ethyl adjacent to an activating group) is 1. The summed E-state index contributed by atoms with van der Waals surface area (Å²) in [6.45, 7) is 5.45. The van der Waals surface area contributed by atoms with Crippen molar-refractivity contribution in [2.75, 3.05) is 20.6 Å². The summed E-state index contributed by atoms with van der Waals surface area (Å²) in [6, 6.07) is 11.7. The third-order valence-electron chi connectivity index (χ3n) is 3.08. The van der Waals surface area contributed by atoms with Gasteiger partial charge in [-0.3, -0.25) is 0 Å². The van der Waals surface area contributed by atoms with Crippen LogP contribution in [0.3, 0.4) is 0 Å². The second-order valence-corrected chi connectivity index (χ2v) is 4.61. The van der Waals surface area contributed by atoms with Crippen molar-refractivity contribution in [2.24, 2.45) is 0 Å². The second kappa shape index (κ2) is 6.66. The van der Waals surface area contributed by atoms with Crippen molar-refractivity contribution >= 4 is 0 Å². The maximum absolute atomic E-state index is 3.57. The van der Waals surface area contributed by atoms with Gasteiger partial charge in [-0.2, -0.15) is 0 Å². The maximum atomic E-state index is 3.57. The molecule has 2 nitrogen and oxygen atoms in total. The monoisotopic (exact) mass is 220 g/mol. The van der Waals surface area contributed by atoms with Crippen LogP contribution in [-0.2, 0) is 0 Å². The zero-order valence-electron chi connectivity index (χ0n) is 10.9. The fraction of sp³-hybridized carbons (Fsp3) is 0.571. The smallest absolute Gasteiger partial charge is 0.0466 e. The molecule has 0 heterocycles. The van der Waals surface area contributed by atoms with Crippen molar-refractivity contribution in [1.29, 1.82) is 0 Å². The molecule has 0 amide bonds. The lowest BCUT2D eigenvalue weighted by molar-refractivity contribution is 0.280. The van der Waals surface area contributed by atoms with E-state index in [9.17, 15) is 0 Å². The number of nitrogens with one attached hydrogen (secondary N) is 1. The number of nitrogens with zero attached hydrogens (tertiary/aromatic N) is 1. The Labute approximate surface area is 99.7 Å². The van der Waals surface area contributed by atoms with Crippen molar-refractivity contribution in [1.82, 2.24) is 10.2 Å². The normalized spacial score (nSPS) is 15.1. The molecule has 1 N–H and O–H groups in total. The molecular formula is C14H24N2. The zero-order valence-corrected chi connectivity index (χ0v) is 10.9. The molecule has 2 heteroatoms. The van der Waals surface area contributed by atoms with Crippen LogP contribution in [0.2, 0.25) is 0 Å². The Morgan fingerprint density at radius 2 is 1.81 bits per heavy atom. The lowest BCUT2D eigenvalue weighted by atomic mass is 10.1. The first kappa shape index (κ1) is 13.2. The van der Waals surface area contributed by atoms with Crippen LogP contribution in [-0.4, -0.2) is 31.6 Å². The van der Waals surface area contributed by atoms with Gasteiger partial charge in [-0.25, -0.2) is 0 Å². The lowest BCUT2D eigenvalue weighted by Crippen LogP contribution is -2.35. The first-order valence-corrected chi connectivity index (χ1v) is 6.10. The third kappa shape index (κ3) is 3.95. The average molecular weight is 220 g/mol. The van der Waals surface area contributed by atoms with Crippen LogP contribution < -0.4 is 5.32 Å². The van der Waals surface area contributed by atoms with Crippen LogP contribution in [0.15, 0.2) is 30.3 Å². The predicted molar refractivity (Wildman–Crippen MR) is 70.6 cm³/mol. The largest absolute Gasteiger partial charge is 0.312 e. The Kier molecular flexibility index (Phi) is 5.50. The van der Waals surface area contributed by atoms with Crippen LogP contribution in [0.25, 0.3) is 0 Å². The summed E-state index contributed by atoms with van der Waals surface area (Å²) < 4.78 is 0. The summed E-state index contributed by atoms with van der Waals surface area (Å²) >= 11 is 0. The quantitative estimate of drug-likeness (QED) is 0.793. The molecule has 1 rings (SSSR count). The first-order chi connectivity index (χ1) is 7.65. The Balaban J connectivity index is 2.62. The molecule has 0 radical (unpaired) electrons. The number of rotatable bonds is 6. The molecule has 0 bridgehead atoms. The molecule has 0 spiro atoms. The van der Waals surface area contributed by atoms with Gasteiger partial charge in [-0.15, -0.1) is 0 Å². The van der Waals surface area contributed by atoms with E-state index < -0.39 is 0 Å². The molecule has 2 unspecified atom stereocenters. The molecule has 0 fully saturated rings. The minimum Gasteiger partial charge on any atom is -0.312 e. The highest BCUT2D eigenvalue weighted by atomic mass is 15.1. The molecule has 1 aromatic rings. The predicted octanol–water partition coefficient (Wildman–Crippen LogP) is 2.68. The fourth-order valence-electron chi connectivity index (χ4n) is 1.73. The standard InChI is InChI=1S/C14H24N2/c1-5-12(2)15-11-14(16(3)4)13-9-7-6-8-10-13/h6-10,12,14-15H,5,11H2,1-4H3. The number of hydrogen-bond donors (Lipinski definition) is 1. The SMILES string of the molecule is CCC(C)NCC(c1ccccc1)N(C)C. The highest BCUT2D eigenvalue weighted by Crippen LogP contribution is 2.16. The van der Waals surface area contributed by atoms with Gasteiger partial charge >= 0.3 is 0 Å². The van der Waals surface area contributed by atoms with Crippen LogP contribution in [0, 0.1) is 0 Å². The van der Waals surface area contributed by atoms with Gasteiger partial charge in [-0.1, -0.05) is 37.3 Å². The minimum absolute atomic E-state index is 0.454. The van der Waals surface area contributed by atoms with E-state index >= 15 is 0 Å². The van der Waals surface area contributed by atoms with E-state index in [-0.39, 0.29) is 0 Å².